The maximum atomic E-state index is 13.3. The number of aryl methyl sites for hydroxylation is 1. The normalized spacial score (nSPS) is 16.7. The minimum Gasteiger partial charge on any atom is -0.507 e. The van der Waals surface area contributed by atoms with Crippen LogP contribution in [0.15, 0.2) is 78.4 Å². The molecular weight excluding hydrogens is 462 g/mol. The summed E-state index contributed by atoms with van der Waals surface area (Å²) in [6.45, 7) is 3.35. The molecule has 36 heavy (non-hydrogen) atoms. The van der Waals surface area contributed by atoms with Gasteiger partial charge in [-0.05, 0) is 35.7 Å². The lowest BCUT2D eigenvalue weighted by Crippen LogP contribution is -2.29. The number of hydrogen-bond donors (Lipinski definition) is 2. The molecule has 2 amide bonds. The van der Waals surface area contributed by atoms with Crippen LogP contribution in [0, 0.1) is 10.1 Å². The zero-order chi connectivity index (χ0) is 26.0. The van der Waals surface area contributed by atoms with E-state index < -0.39 is 28.4 Å². The highest BCUT2D eigenvalue weighted by Gasteiger charge is 2.47. The highest BCUT2D eigenvalue weighted by atomic mass is 16.6. The van der Waals surface area contributed by atoms with Gasteiger partial charge in [-0.15, -0.1) is 0 Å². The van der Waals surface area contributed by atoms with Crippen LogP contribution in [0.2, 0.25) is 0 Å². The van der Waals surface area contributed by atoms with Gasteiger partial charge < -0.3 is 10.4 Å². The van der Waals surface area contributed by atoms with E-state index in [1.54, 1.807) is 36.4 Å². The summed E-state index contributed by atoms with van der Waals surface area (Å²) in [7, 11) is 0. The predicted molar refractivity (Wildman–Crippen MR) is 134 cm³/mol. The first kappa shape index (κ1) is 24.3. The SMILES string of the molecule is CCc1ccc(C2/C(=C(/O)c3cccc([N+](=O)[O-])c3)C(=O)C(=O)N2c2cccc(NC(C)=O)c2)cc1. The lowest BCUT2D eigenvalue weighted by molar-refractivity contribution is -0.384. The van der Waals surface area contributed by atoms with Crippen LogP contribution in [0.1, 0.15) is 36.6 Å². The molecule has 2 N–H and O–H groups in total. The second-order valence-electron chi connectivity index (χ2n) is 8.30. The van der Waals surface area contributed by atoms with Crippen LogP contribution in [0.5, 0.6) is 0 Å². The number of non-ortho nitro benzene ring substituents is 1. The molecule has 0 aromatic heterocycles. The van der Waals surface area contributed by atoms with Gasteiger partial charge in [0.1, 0.15) is 5.76 Å². The Bertz CT molecular complexity index is 1410. The van der Waals surface area contributed by atoms with Gasteiger partial charge in [0.05, 0.1) is 16.5 Å². The number of nitro benzene ring substituents is 1. The average Bonchev–Trinajstić information content (AvgIpc) is 3.13. The Labute approximate surface area is 206 Å². The fourth-order valence-corrected chi connectivity index (χ4v) is 4.21. The Kier molecular flexibility index (Phi) is 6.64. The van der Waals surface area contributed by atoms with Crippen molar-refractivity contribution < 1.29 is 24.4 Å². The molecule has 0 radical (unpaired) electrons. The topological polar surface area (TPSA) is 130 Å². The maximum absolute atomic E-state index is 13.3. The number of nitrogens with one attached hydrogen (secondary N) is 1. The number of ketones is 1. The Morgan fingerprint density at radius 1 is 1.06 bits per heavy atom. The van der Waals surface area contributed by atoms with Crippen LogP contribution < -0.4 is 10.2 Å². The van der Waals surface area contributed by atoms with Crippen molar-refractivity contribution in [1.82, 2.24) is 0 Å². The molecule has 3 aromatic carbocycles. The largest absolute Gasteiger partial charge is 0.507 e. The van der Waals surface area contributed by atoms with Gasteiger partial charge in [0.15, 0.2) is 0 Å². The van der Waals surface area contributed by atoms with Crippen LogP contribution in [0.25, 0.3) is 5.76 Å². The molecule has 1 fully saturated rings. The van der Waals surface area contributed by atoms with Crippen LogP contribution in [-0.2, 0) is 20.8 Å². The van der Waals surface area contributed by atoms with Gasteiger partial charge in [0.2, 0.25) is 5.91 Å². The molecule has 1 atom stereocenters. The van der Waals surface area contributed by atoms with Gasteiger partial charge in [0, 0.05) is 36.0 Å². The van der Waals surface area contributed by atoms with Crippen LogP contribution in [0.3, 0.4) is 0 Å². The minimum atomic E-state index is -0.997. The quantitative estimate of drug-likeness (QED) is 0.171. The van der Waals surface area contributed by atoms with Crippen molar-refractivity contribution >= 4 is 40.4 Å². The third-order valence-electron chi connectivity index (χ3n) is 5.92. The van der Waals surface area contributed by atoms with Gasteiger partial charge in [-0.1, -0.05) is 49.4 Å². The van der Waals surface area contributed by atoms with Crippen molar-refractivity contribution in [3.05, 3.63) is 105 Å². The third kappa shape index (κ3) is 4.58. The lowest BCUT2D eigenvalue weighted by atomic mass is 9.94. The number of carbonyl (C=O) groups excluding carboxylic acids is 3. The summed E-state index contributed by atoms with van der Waals surface area (Å²) in [6, 6.07) is 18.0. The zero-order valence-corrected chi connectivity index (χ0v) is 19.6. The van der Waals surface area contributed by atoms with Crippen LogP contribution >= 0.6 is 0 Å². The molecule has 1 unspecified atom stereocenters. The molecule has 4 rings (SSSR count). The number of nitro groups is 1. The van der Waals surface area contributed by atoms with Crippen molar-refractivity contribution in [2.75, 3.05) is 10.2 Å². The first-order valence-electron chi connectivity index (χ1n) is 11.2. The predicted octanol–water partition coefficient (Wildman–Crippen LogP) is 4.74. The van der Waals surface area contributed by atoms with E-state index in [4.69, 9.17) is 0 Å². The summed E-state index contributed by atoms with van der Waals surface area (Å²) in [5, 5.41) is 25.1. The van der Waals surface area contributed by atoms with Crippen molar-refractivity contribution in [3.8, 4) is 0 Å². The van der Waals surface area contributed by atoms with E-state index in [1.807, 2.05) is 19.1 Å². The smallest absolute Gasteiger partial charge is 0.300 e. The molecule has 9 nitrogen and oxygen atoms in total. The van der Waals surface area contributed by atoms with E-state index in [0.717, 1.165) is 18.1 Å². The van der Waals surface area contributed by atoms with E-state index in [9.17, 15) is 29.6 Å². The van der Waals surface area contributed by atoms with Gasteiger partial charge in [-0.3, -0.25) is 29.4 Å². The number of anilines is 2. The monoisotopic (exact) mass is 485 g/mol. The first-order valence-corrected chi connectivity index (χ1v) is 11.2. The van der Waals surface area contributed by atoms with Crippen LogP contribution in [-0.4, -0.2) is 27.6 Å². The maximum Gasteiger partial charge on any atom is 0.300 e. The Morgan fingerprint density at radius 3 is 2.39 bits per heavy atom. The van der Waals surface area contributed by atoms with E-state index in [-0.39, 0.29) is 22.7 Å². The minimum absolute atomic E-state index is 0.0457. The summed E-state index contributed by atoms with van der Waals surface area (Å²) in [5.41, 5.74) is 1.98. The molecule has 1 heterocycles. The molecule has 3 aromatic rings. The molecule has 1 aliphatic heterocycles. The van der Waals surface area contributed by atoms with Gasteiger partial charge >= 0.3 is 0 Å². The van der Waals surface area contributed by atoms with E-state index in [1.165, 1.54) is 30.0 Å². The van der Waals surface area contributed by atoms with Crippen LogP contribution in [0.4, 0.5) is 17.1 Å². The van der Waals surface area contributed by atoms with E-state index >= 15 is 0 Å². The highest BCUT2D eigenvalue weighted by Crippen LogP contribution is 2.43. The summed E-state index contributed by atoms with van der Waals surface area (Å²) >= 11 is 0. The molecule has 9 heteroatoms. The van der Waals surface area contributed by atoms with Gasteiger partial charge in [0.25, 0.3) is 17.4 Å². The Hall–Kier alpha value is -4.79. The zero-order valence-electron chi connectivity index (χ0n) is 19.6. The van der Waals surface area contributed by atoms with Crippen molar-refractivity contribution in [2.45, 2.75) is 26.3 Å². The third-order valence-corrected chi connectivity index (χ3v) is 5.92. The standard InChI is InChI=1S/C27H23N3O6/c1-3-17-10-12-18(13-11-17)24-23(25(32)19-6-4-9-22(14-19)30(35)36)26(33)27(34)29(24)21-8-5-7-20(15-21)28-16(2)31/h4-15,24,32H,3H2,1-2H3,(H,28,31)/b25-23-. The number of Topliss-reactive ketones (excluding diaryl/α,β-unsaturated/α-hetero) is 1. The second-order valence-corrected chi connectivity index (χ2v) is 8.30. The molecule has 182 valence electrons. The van der Waals surface area contributed by atoms with Crippen molar-refractivity contribution in [2.24, 2.45) is 0 Å². The number of rotatable bonds is 6. The van der Waals surface area contributed by atoms with Crippen molar-refractivity contribution in [3.63, 3.8) is 0 Å². The molecule has 0 saturated carbocycles. The summed E-state index contributed by atoms with van der Waals surface area (Å²) in [6.07, 6.45) is 0.785. The summed E-state index contributed by atoms with van der Waals surface area (Å²) < 4.78 is 0. The Morgan fingerprint density at radius 2 is 1.75 bits per heavy atom. The molecule has 1 saturated heterocycles. The highest BCUT2D eigenvalue weighted by molar-refractivity contribution is 6.51. The number of nitrogens with zero attached hydrogens (tertiary/aromatic N) is 2. The summed E-state index contributed by atoms with van der Waals surface area (Å²) in [5.74, 6) is -2.60. The fourth-order valence-electron chi connectivity index (χ4n) is 4.21. The number of hydrogen-bond acceptors (Lipinski definition) is 6. The van der Waals surface area contributed by atoms with Gasteiger partial charge in [-0.25, -0.2) is 0 Å². The molecule has 0 bridgehead atoms. The van der Waals surface area contributed by atoms with Crippen molar-refractivity contribution in [1.29, 1.82) is 0 Å². The average molecular weight is 485 g/mol. The number of aliphatic hydroxyl groups is 1. The second kappa shape index (κ2) is 9.83. The molecule has 0 spiro atoms. The number of aliphatic hydroxyl groups excluding tert-OH is 1. The molecule has 1 aliphatic rings. The fraction of sp³-hybridized carbons (Fsp3) is 0.148. The van der Waals surface area contributed by atoms with E-state index in [0.29, 0.717) is 16.9 Å². The number of amides is 2. The Balaban J connectivity index is 1.92. The lowest BCUT2D eigenvalue weighted by Gasteiger charge is -2.26. The van der Waals surface area contributed by atoms with Gasteiger partial charge in [-0.2, -0.15) is 0 Å². The number of carbonyl (C=O) groups is 3. The summed E-state index contributed by atoms with van der Waals surface area (Å²) in [4.78, 5) is 50.0. The first-order chi connectivity index (χ1) is 17.2. The molecule has 0 aliphatic carbocycles. The van der Waals surface area contributed by atoms with E-state index in [2.05, 4.69) is 5.32 Å². The molecular formula is C27H23N3O6. The number of benzene rings is 3.